The maximum atomic E-state index is 15.2. The molecule has 0 spiro atoms. The summed E-state index contributed by atoms with van der Waals surface area (Å²) < 4.78 is 132. The fourth-order valence-electron chi connectivity index (χ4n) is 8.76. The number of alkyl halides is 5. The second-order valence-corrected chi connectivity index (χ2v) is 14.3. The standard InChI is InChI=1S/C37H45F9O/c1-2-3-4-5-22-6-8-23(9-7-22)24-10-12-25(13-11-24)26-14-16-28(17-15-26)37(45,46)47-29-20-30(38)34(31(39)21-29)27-18-32(40)35(33(41)19-27)36(42,43)44/h18-26,28H,2-17H2,1H3. The van der Waals surface area contributed by atoms with E-state index >= 15 is 8.78 Å². The van der Waals surface area contributed by atoms with Crippen LogP contribution in [0.5, 0.6) is 5.75 Å². The number of hydrogen-bond donors (Lipinski definition) is 0. The molecule has 2 aromatic rings. The molecule has 3 fully saturated rings. The Kier molecular flexibility index (Phi) is 11.5. The van der Waals surface area contributed by atoms with Gasteiger partial charge in [-0.05, 0) is 111 Å². The Morgan fingerprint density at radius 2 is 1.04 bits per heavy atom. The van der Waals surface area contributed by atoms with Crippen LogP contribution in [0.1, 0.15) is 115 Å². The number of halogens is 9. The summed E-state index contributed by atoms with van der Waals surface area (Å²) in [6.07, 6.45) is 8.05. The summed E-state index contributed by atoms with van der Waals surface area (Å²) in [5.74, 6) is -5.69. The first-order chi connectivity index (χ1) is 22.3. The molecule has 0 heterocycles. The summed E-state index contributed by atoms with van der Waals surface area (Å²) in [7, 11) is 0. The summed E-state index contributed by atoms with van der Waals surface area (Å²) in [5.41, 5.74) is -4.11. The van der Waals surface area contributed by atoms with Crippen LogP contribution < -0.4 is 4.74 Å². The minimum Gasteiger partial charge on any atom is -0.432 e. The van der Waals surface area contributed by atoms with E-state index in [0.29, 0.717) is 36.8 Å². The largest absolute Gasteiger partial charge is 0.432 e. The molecule has 0 unspecified atom stereocenters. The van der Waals surface area contributed by atoms with E-state index in [0.717, 1.165) is 30.6 Å². The molecule has 10 heteroatoms. The van der Waals surface area contributed by atoms with Crippen LogP contribution in [0, 0.1) is 58.8 Å². The second kappa shape index (κ2) is 15.0. The van der Waals surface area contributed by atoms with E-state index in [9.17, 15) is 30.7 Å². The lowest BCUT2D eigenvalue weighted by atomic mass is 9.65. The molecule has 0 N–H and O–H groups in total. The number of unbranched alkanes of at least 4 members (excludes halogenated alkanes) is 2. The number of rotatable bonds is 10. The molecule has 0 radical (unpaired) electrons. The Balaban J connectivity index is 1.12. The SMILES string of the molecule is CCCCCC1CCC(C2CCC(C3CCC(C(F)(F)Oc4cc(F)c(-c5cc(F)c(C(F)(F)F)c(F)c5)c(F)c4)CC3)CC2)CC1. The van der Waals surface area contributed by atoms with Gasteiger partial charge in [0.2, 0.25) is 0 Å². The lowest BCUT2D eigenvalue weighted by Gasteiger charge is -2.42. The molecule has 0 aromatic heterocycles. The van der Waals surface area contributed by atoms with Crippen molar-refractivity contribution in [1.29, 1.82) is 0 Å². The highest BCUT2D eigenvalue weighted by Crippen LogP contribution is 2.48. The van der Waals surface area contributed by atoms with Crippen LogP contribution >= 0.6 is 0 Å². The van der Waals surface area contributed by atoms with Crippen LogP contribution in [0.2, 0.25) is 0 Å². The Morgan fingerprint density at radius 1 is 0.596 bits per heavy atom. The zero-order chi connectivity index (χ0) is 33.9. The van der Waals surface area contributed by atoms with E-state index in [1.54, 1.807) is 0 Å². The minimum absolute atomic E-state index is 0.147. The van der Waals surface area contributed by atoms with E-state index in [1.807, 2.05) is 0 Å². The molecule has 2 aromatic carbocycles. The summed E-state index contributed by atoms with van der Waals surface area (Å²) in [5, 5.41) is 0. The fourth-order valence-corrected chi connectivity index (χ4v) is 8.76. The van der Waals surface area contributed by atoms with E-state index in [-0.39, 0.29) is 25.0 Å². The van der Waals surface area contributed by atoms with Gasteiger partial charge in [0.15, 0.2) is 0 Å². The first kappa shape index (κ1) is 35.9. The highest BCUT2D eigenvalue weighted by atomic mass is 19.4. The number of hydrogen-bond acceptors (Lipinski definition) is 1. The van der Waals surface area contributed by atoms with Crippen molar-refractivity contribution < 1.29 is 44.3 Å². The van der Waals surface area contributed by atoms with Crippen molar-refractivity contribution in [1.82, 2.24) is 0 Å². The number of ether oxygens (including phenoxy) is 1. The Morgan fingerprint density at radius 3 is 1.49 bits per heavy atom. The molecule has 0 saturated heterocycles. The molecule has 3 saturated carbocycles. The van der Waals surface area contributed by atoms with Gasteiger partial charge in [0, 0.05) is 12.1 Å². The molecule has 47 heavy (non-hydrogen) atoms. The van der Waals surface area contributed by atoms with Crippen molar-refractivity contribution >= 4 is 0 Å². The summed E-state index contributed by atoms with van der Waals surface area (Å²) in [6, 6.07) is 1.19. The second-order valence-electron chi connectivity index (χ2n) is 14.3. The smallest absolute Gasteiger partial charge is 0.422 e. The maximum absolute atomic E-state index is 15.2. The van der Waals surface area contributed by atoms with Gasteiger partial charge in [-0.3, -0.25) is 0 Å². The van der Waals surface area contributed by atoms with Gasteiger partial charge in [0.1, 0.15) is 34.6 Å². The van der Waals surface area contributed by atoms with Gasteiger partial charge in [-0.25, -0.2) is 17.6 Å². The third-order valence-corrected chi connectivity index (χ3v) is 11.4. The summed E-state index contributed by atoms with van der Waals surface area (Å²) in [6.45, 7) is 2.24. The molecule has 0 bridgehead atoms. The first-order valence-electron chi connectivity index (χ1n) is 17.4. The monoisotopic (exact) mass is 676 g/mol. The van der Waals surface area contributed by atoms with Crippen molar-refractivity contribution in [3.05, 3.63) is 53.1 Å². The average Bonchev–Trinajstić information content (AvgIpc) is 3.00. The molecule has 3 aliphatic rings. The lowest BCUT2D eigenvalue weighted by molar-refractivity contribution is -0.224. The van der Waals surface area contributed by atoms with Crippen molar-refractivity contribution in [2.75, 3.05) is 0 Å². The molecule has 0 aliphatic heterocycles. The Labute approximate surface area is 271 Å². The van der Waals surface area contributed by atoms with Gasteiger partial charge in [-0.2, -0.15) is 22.0 Å². The van der Waals surface area contributed by atoms with E-state index in [2.05, 4.69) is 6.92 Å². The first-order valence-corrected chi connectivity index (χ1v) is 17.4. The van der Waals surface area contributed by atoms with Crippen LogP contribution in [0.4, 0.5) is 39.5 Å². The molecule has 1 nitrogen and oxygen atoms in total. The van der Waals surface area contributed by atoms with Crippen LogP contribution in [0.25, 0.3) is 11.1 Å². The quantitative estimate of drug-likeness (QED) is 0.180. The van der Waals surface area contributed by atoms with Crippen molar-refractivity contribution in [2.45, 2.75) is 122 Å². The maximum Gasteiger partial charge on any atom is 0.422 e. The van der Waals surface area contributed by atoms with Gasteiger partial charge in [-0.15, -0.1) is 0 Å². The van der Waals surface area contributed by atoms with Crippen LogP contribution in [-0.4, -0.2) is 6.11 Å². The summed E-state index contributed by atoms with van der Waals surface area (Å²) >= 11 is 0. The predicted molar refractivity (Wildman–Crippen MR) is 163 cm³/mol. The molecular weight excluding hydrogens is 631 g/mol. The third-order valence-electron chi connectivity index (χ3n) is 11.4. The van der Waals surface area contributed by atoms with E-state index in [1.165, 1.54) is 64.2 Å². The summed E-state index contributed by atoms with van der Waals surface area (Å²) in [4.78, 5) is 0. The predicted octanol–water partition coefficient (Wildman–Crippen LogP) is 12.9. The van der Waals surface area contributed by atoms with Crippen LogP contribution in [0.3, 0.4) is 0 Å². The molecule has 0 atom stereocenters. The highest BCUT2D eigenvalue weighted by Gasteiger charge is 2.46. The van der Waals surface area contributed by atoms with Crippen LogP contribution in [0.15, 0.2) is 24.3 Å². The third kappa shape index (κ3) is 8.62. The normalized spacial score (nSPS) is 27.5. The van der Waals surface area contributed by atoms with Gasteiger partial charge < -0.3 is 4.74 Å². The molecule has 3 aliphatic carbocycles. The number of benzene rings is 2. The van der Waals surface area contributed by atoms with E-state index < -0.39 is 63.9 Å². The molecule has 262 valence electrons. The van der Waals surface area contributed by atoms with Gasteiger partial charge in [0.25, 0.3) is 0 Å². The van der Waals surface area contributed by atoms with Crippen molar-refractivity contribution in [2.24, 2.45) is 35.5 Å². The van der Waals surface area contributed by atoms with Gasteiger partial charge in [0.05, 0.1) is 11.5 Å². The van der Waals surface area contributed by atoms with Gasteiger partial charge >= 0.3 is 12.3 Å². The topological polar surface area (TPSA) is 9.23 Å². The molecule has 5 rings (SSSR count). The van der Waals surface area contributed by atoms with Gasteiger partial charge in [-0.1, -0.05) is 45.4 Å². The molecule has 0 amide bonds. The lowest BCUT2D eigenvalue weighted by Crippen LogP contribution is -2.38. The average molecular weight is 677 g/mol. The zero-order valence-corrected chi connectivity index (χ0v) is 26.9. The Hall–Kier alpha value is -2.39. The van der Waals surface area contributed by atoms with E-state index in [4.69, 9.17) is 4.74 Å². The zero-order valence-electron chi connectivity index (χ0n) is 26.9. The van der Waals surface area contributed by atoms with Crippen LogP contribution in [-0.2, 0) is 6.18 Å². The highest BCUT2D eigenvalue weighted by molar-refractivity contribution is 5.66. The molecular formula is C37H45F9O. The van der Waals surface area contributed by atoms with Crippen molar-refractivity contribution in [3.8, 4) is 16.9 Å². The fraction of sp³-hybridized carbons (Fsp3) is 0.676. The Bertz CT molecular complexity index is 1290. The van der Waals surface area contributed by atoms with Crippen molar-refractivity contribution in [3.63, 3.8) is 0 Å². The minimum atomic E-state index is -5.36.